The molecule has 1 aliphatic rings. The molecule has 1 aromatic carbocycles. The highest BCUT2D eigenvalue weighted by molar-refractivity contribution is 5.99. The number of rotatable bonds is 8. The quantitative estimate of drug-likeness (QED) is 0.252. The Morgan fingerprint density at radius 1 is 1.07 bits per heavy atom. The summed E-state index contributed by atoms with van der Waals surface area (Å²) in [7, 11) is 1.77. The van der Waals surface area contributed by atoms with Crippen molar-refractivity contribution in [3.05, 3.63) is 84.0 Å². The SMILES string of the molecule is C=Nn1cc(-c2cnn([C@@H](C)CO)c2)cc1C(=NC)N1CCN(c2ncc([C@@](C)(N)c3ccc(F)cc3)cn2)CC1. The molecule has 3 N–H and O–H groups in total. The van der Waals surface area contributed by atoms with Crippen LogP contribution in [0.25, 0.3) is 11.1 Å². The highest BCUT2D eigenvalue weighted by Crippen LogP contribution is 2.27. The van der Waals surface area contributed by atoms with E-state index >= 15 is 0 Å². The molecular weight excluding hydrogens is 523 g/mol. The number of aliphatic hydroxyl groups is 1. The summed E-state index contributed by atoms with van der Waals surface area (Å²) in [5, 5.41) is 18.0. The molecule has 2 atom stereocenters. The van der Waals surface area contributed by atoms with E-state index in [4.69, 9.17) is 5.73 Å². The zero-order valence-corrected chi connectivity index (χ0v) is 23.5. The van der Waals surface area contributed by atoms with Crippen molar-refractivity contribution in [2.45, 2.75) is 25.4 Å². The number of piperazine rings is 1. The van der Waals surface area contributed by atoms with Crippen LogP contribution in [0, 0.1) is 5.82 Å². The van der Waals surface area contributed by atoms with Crippen LogP contribution in [-0.4, -0.2) is 86.8 Å². The molecule has 0 amide bonds. The van der Waals surface area contributed by atoms with Crippen LogP contribution in [0.5, 0.6) is 0 Å². The van der Waals surface area contributed by atoms with Gasteiger partial charge in [-0.05, 0) is 37.6 Å². The van der Waals surface area contributed by atoms with E-state index in [1.54, 1.807) is 47.1 Å². The van der Waals surface area contributed by atoms with Gasteiger partial charge in [-0.3, -0.25) is 9.67 Å². The Kier molecular flexibility index (Phi) is 7.95. The summed E-state index contributed by atoms with van der Waals surface area (Å²) in [4.78, 5) is 18.2. The van der Waals surface area contributed by atoms with E-state index in [1.807, 2.05) is 32.3 Å². The molecule has 0 unspecified atom stereocenters. The first kappa shape index (κ1) is 28.1. The summed E-state index contributed by atoms with van der Waals surface area (Å²) >= 11 is 0. The van der Waals surface area contributed by atoms with Crippen molar-refractivity contribution in [3.8, 4) is 11.1 Å². The number of hydrogen-bond donors (Lipinski definition) is 2. The standard InChI is InChI=1S/C29H35FN10O/c1-20(19-41)39-18-22(14-36-39)21-13-26(40(17-21)33-4)27(32-3)37-9-11-38(12-10-37)28-34-15-24(16-35-28)29(2,31)23-5-7-25(30)8-6-23/h5-8,13-18,20,41H,4,9-12,19,31H2,1-3H3/t20-,29-/m0/s1. The maximum Gasteiger partial charge on any atom is 0.225 e. The number of amidine groups is 1. The highest BCUT2D eigenvalue weighted by atomic mass is 19.1. The molecule has 11 nitrogen and oxygen atoms in total. The second-order valence-corrected chi connectivity index (χ2v) is 10.3. The summed E-state index contributed by atoms with van der Waals surface area (Å²) in [5.74, 6) is 1.14. The van der Waals surface area contributed by atoms with Crippen LogP contribution in [-0.2, 0) is 5.54 Å². The van der Waals surface area contributed by atoms with E-state index in [9.17, 15) is 9.50 Å². The lowest BCUT2D eigenvalue weighted by Crippen LogP contribution is -2.49. The lowest BCUT2D eigenvalue weighted by molar-refractivity contribution is 0.230. The molecule has 0 aliphatic carbocycles. The number of anilines is 1. The Labute approximate surface area is 238 Å². The fraction of sp³-hybridized carbons (Fsp3) is 0.345. The summed E-state index contributed by atoms with van der Waals surface area (Å²) in [6.07, 6.45) is 9.07. The first-order valence-electron chi connectivity index (χ1n) is 13.4. The van der Waals surface area contributed by atoms with Gasteiger partial charge in [0.2, 0.25) is 5.95 Å². The average Bonchev–Trinajstić information content (AvgIpc) is 3.66. The summed E-state index contributed by atoms with van der Waals surface area (Å²) in [6, 6.07) is 8.09. The van der Waals surface area contributed by atoms with E-state index in [1.165, 1.54) is 12.1 Å². The Balaban J connectivity index is 1.27. The van der Waals surface area contributed by atoms with Crippen molar-refractivity contribution in [2.75, 3.05) is 44.7 Å². The smallest absolute Gasteiger partial charge is 0.225 e. The van der Waals surface area contributed by atoms with Gasteiger partial charge in [0.15, 0.2) is 0 Å². The Morgan fingerprint density at radius 2 is 1.76 bits per heavy atom. The molecule has 0 bridgehead atoms. The maximum atomic E-state index is 13.4. The molecule has 1 aliphatic heterocycles. The van der Waals surface area contributed by atoms with Gasteiger partial charge in [0, 0.05) is 81.4 Å². The molecule has 4 heterocycles. The van der Waals surface area contributed by atoms with Crippen LogP contribution in [0.2, 0.25) is 0 Å². The lowest BCUT2D eigenvalue weighted by Gasteiger charge is -2.36. The highest BCUT2D eigenvalue weighted by Gasteiger charge is 2.27. The van der Waals surface area contributed by atoms with Gasteiger partial charge in [0.05, 0.1) is 24.4 Å². The fourth-order valence-electron chi connectivity index (χ4n) is 4.96. The fourth-order valence-corrected chi connectivity index (χ4v) is 4.96. The topological polar surface area (TPSA) is 126 Å². The van der Waals surface area contributed by atoms with E-state index in [-0.39, 0.29) is 18.5 Å². The monoisotopic (exact) mass is 558 g/mol. The number of halogens is 1. The molecule has 12 heteroatoms. The number of benzene rings is 1. The van der Waals surface area contributed by atoms with Gasteiger partial charge in [0.25, 0.3) is 0 Å². The molecule has 41 heavy (non-hydrogen) atoms. The summed E-state index contributed by atoms with van der Waals surface area (Å²) in [5.41, 5.74) is 9.95. The van der Waals surface area contributed by atoms with Crippen LogP contribution >= 0.6 is 0 Å². The van der Waals surface area contributed by atoms with E-state index in [0.29, 0.717) is 32.1 Å². The van der Waals surface area contributed by atoms with Gasteiger partial charge in [-0.1, -0.05) is 12.1 Å². The van der Waals surface area contributed by atoms with Gasteiger partial charge in [-0.2, -0.15) is 10.2 Å². The van der Waals surface area contributed by atoms with Gasteiger partial charge < -0.3 is 20.6 Å². The predicted molar refractivity (Wildman–Crippen MR) is 158 cm³/mol. The van der Waals surface area contributed by atoms with Crippen molar-refractivity contribution in [3.63, 3.8) is 0 Å². The molecule has 214 valence electrons. The molecule has 0 saturated carbocycles. The van der Waals surface area contributed by atoms with Crippen molar-refractivity contribution in [2.24, 2.45) is 15.8 Å². The zero-order chi connectivity index (χ0) is 29.1. The first-order valence-corrected chi connectivity index (χ1v) is 13.4. The number of nitrogens with zero attached hydrogens (tertiary/aromatic N) is 9. The van der Waals surface area contributed by atoms with Gasteiger partial charge in [-0.25, -0.2) is 19.0 Å². The molecule has 5 rings (SSSR count). The number of aliphatic imine (C=N–C) groups is 1. The first-order chi connectivity index (χ1) is 19.7. The lowest BCUT2D eigenvalue weighted by atomic mass is 9.87. The van der Waals surface area contributed by atoms with Crippen LogP contribution in [0.1, 0.15) is 36.7 Å². The summed E-state index contributed by atoms with van der Waals surface area (Å²) in [6.45, 7) is 10.4. The molecule has 0 radical (unpaired) electrons. The summed E-state index contributed by atoms with van der Waals surface area (Å²) < 4.78 is 16.8. The number of aliphatic hydroxyl groups excluding tert-OH is 1. The second-order valence-electron chi connectivity index (χ2n) is 10.3. The predicted octanol–water partition coefficient (Wildman–Crippen LogP) is 2.72. The molecule has 4 aromatic rings. The molecular formula is C29H35FN10O. The number of hydrogen-bond acceptors (Lipinski definition) is 8. The Bertz CT molecular complexity index is 1520. The molecule has 0 spiro atoms. The number of aromatic nitrogens is 5. The van der Waals surface area contributed by atoms with Gasteiger partial charge in [0.1, 0.15) is 17.3 Å². The van der Waals surface area contributed by atoms with Crippen molar-refractivity contribution in [1.82, 2.24) is 29.3 Å². The third kappa shape index (κ3) is 5.61. The van der Waals surface area contributed by atoms with Crippen molar-refractivity contribution in [1.29, 1.82) is 0 Å². The van der Waals surface area contributed by atoms with Crippen LogP contribution in [0.3, 0.4) is 0 Å². The largest absolute Gasteiger partial charge is 0.394 e. The maximum absolute atomic E-state index is 13.4. The van der Waals surface area contributed by atoms with E-state index in [2.05, 4.69) is 41.7 Å². The van der Waals surface area contributed by atoms with Gasteiger partial charge in [-0.15, -0.1) is 0 Å². The number of nitrogens with two attached hydrogens (primary N) is 1. The minimum Gasteiger partial charge on any atom is -0.394 e. The van der Waals surface area contributed by atoms with E-state index < -0.39 is 5.54 Å². The molecule has 1 fully saturated rings. The Hall–Kier alpha value is -4.42. The normalized spacial score (nSPS) is 16.5. The van der Waals surface area contributed by atoms with Crippen LogP contribution in [0.15, 0.2) is 71.4 Å². The average molecular weight is 559 g/mol. The van der Waals surface area contributed by atoms with Crippen molar-refractivity contribution < 1.29 is 9.50 Å². The third-order valence-electron chi connectivity index (χ3n) is 7.59. The second kappa shape index (κ2) is 11.6. The molecule has 3 aromatic heterocycles. The molecule has 1 saturated heterocycles. The minimum atomic E-state index is -0.847. The third-order valence-corrected chi connectivity index (χ3v) is 7.59. The van der Waals surface area contributed by atoms with Crippen LogP contribution < -0.4 is 10.6 Å². The Morgan fingerprint density at radius 3 is 2.37 bits per heavy atom. The van der Waals surface area contributed by atoms with Gasteiger partial charge >= 0.3 is 0 Å². The minimum absolute atomic E-state index is 0.0117. The zero-order valence-electron chi connectivity index (χ0n) is 23.5. The van der Waals surface area contributed by atoms with Crippen LogP contribution in [0.4, 0.5) is 10.3 Å². The van der Waals surface area contributed by atoms with E-state index in [0.717, 1.165) is 33.8 Å². The van der Waals surface area contributed by atoms with Crippen molar-refractivity contribution >= 4 is 18.5 Å².